The van der Waals surface area contributed by atoms with Crippen LogP contribution in [-0.4, -0.2) is 26.2 Å². The number of aliphatic hydroxyl groups is 1. The zero-order chi connectivity index (χ0) is 14.2. The highest BCUT2D eigenvalue weighted by Crippen LogP contribution is 2.30. The van der Waals surface area contributed by atoms with Crippen LogP contribution in [0.2, 0.25) is 5.02 Å². The van der Waals surface area contributed by atoms with E-state index in [4.69, 9.17) is 16.7 Å². The molecule has 0 bridgehead atoms. The van der Waals surface area contributed by atoms with Crippen LogP contribution in [0.5, 0.6) is 0 Å². The molecule has 3 N–H and O–H groups in total. The highest BCUT2D eigenvalue weighted by atomic mass is 35.5. The van der Waals surface area contributed by atoms with E-state index in [2.05, 4.69) is 9.97 Å². The number of rotatable bonds is 3. The van der Waals surface area contributed by atoms with Crippen molar-refractivity contribution in [3.8, 4) is 0 Å². The number of benzene rings is 1. The van der Waals surface area contributed by atoms with Gasteiger partial charge in [0.1, 0.15) is 6.10 Å². The standard InChI is InChI=1S/C13H13ClN2O3/c1-6-3-8(9(14)4-7(6)2)12(17)10-11(13(18)19)16-5-15-10/h3-5,12,17H,1-2H3,(H,15,16)(H,18,19). The Morgan fingerprint density at radius 1 is 1.37 bits per heavy atom. The van der Waals surface area contributed by atoms with Crippen molar-refractivity contribution in [2.45, 2.75) is 20.0 Å². The van der Waals surface area contributed by atoms with Gasteiger partial charge in [-0.1, -0.05) is 17.7 Å². The number of aromatic carboxylic acids is 1. The third-order valence-corrected chi connectivity index (χ3v) is 3.38. The largest absolute Gasteiger partial charge is 0.476 e. The van der Waals surface area contributed by atoms with E-state index in [1.165, 1.54) is 6.33 Å². The van der Waals surface area contributed by atoms with Gasteiger partial charge in [0.25, 0.3) is 0 Å². The van der Waals surface area contributed by atoms with Gasteiger partial charge in [0.05, 0.1) is 12.0 Å². The summed E-state index contributed by atoms with van der Waals surface area (Å²) in [6.07, 6.45) is 0.0807. The van der Waals surface area contributed by atoms with Gasteiger partial charge >= 0.3 is 5.97 Å². The second-order valence-electron chi connectivity index (χ2n) is 4.33. The summed E-state index contributed by atoms with van der Waals surface area (Å²) in [6, 6.07) is 3.49. The predicted molar refractivity (Wildman–Crippen MR) is 70.5 cm³/mol. The van der Waals surface area contributed by atoms with Crippen LogP contribution in [0.4, 0.5) is 0 Å². The molecule has 0 fully saturated rings. The quantitative estimate of drug-likeness (QED) is 0.806. The van der Waals surface area contributed by atoms with Crippen LogP contribution in [0.15, 0.2) is 18.5 Å². The molecular formula is C13H13ClN2O3. The molecule has 1 aromatic heterocycles. The van der Waals surface area contributed by atoms with Crippen LogP contribution in [0, 0.1) is 13.8 Å². The molecule has 0 aliphatic heterocycles. The number of H-pyrrole nitrogens is 1. The summed E-state index contributed by atoms with van der Waals surface area (Å²) in [4.78, 5) is 17.3. The molecule has 1 unspecified atom stereocenters. The topological polar surface area (TPSA) is 86.2 Å². The number of hydrogen-bond acceptors (Lipinski definition) is 3. The Kier molecular flexibility index (Phi) is 3.59. The molecule has 1 atom stereocenters. The highest BCUT2D eigenvalue weighted by molar-refractivity contribution is 6.31. The van der Waals surface area contributed by atoms with Crippen molar-refractivity contribution in [3.63, 3.8) is 0 Å². The fraction of sp³-hybridized carbons (Fsp3) is 0.231. The van der Waals surface area contributed by atoms with Crippen molar-refractivity contribution < 1.29 is 15.0 Å². The van der Waals surface area contributed by atoms with Crippen LogP contribution in [0.3, 0.4) is 0 Å². The monoisotopic (exact) mass is 280 g/mol. The average Bonchev–Trinajstić information content (AvgIpc) is 2.82. The van der Waals surface area contributed by atoms with Crippen molar-refractivity contribution in [3.05, 3.63) is 51.6 Å². The lowest BCUT2D eigenvalue weighted by molar-refractivity contribution is 0.0685. The van der Waals surface area contributed by atoms with Crippen LogP contribution in [0.25, 0.3) is 0 Å². The number of imidazole rings is 1. The Morgan fingerprint density at radius 2 is 2.00 bits per heavy atom. The SMILES string of the molecule is Cc1cc(Cl)c(C(O)c2[nH]cnc2C(=O)O)cc1C. The van der Waals surface area contributed by atoms with E-state index >= 15 is 0 Å². The lowest BCUT2D eigenvalue weighted by Gasteiger charge is -2.14. The maximum Gasteiger partial charge on any atom is 0.356 e. The van der Waals surface area contributed by atoms with Crippen LogP contribution in [0.1, 0.15) is 39.0 Å². The van der Waals surface area contributed by atoms with E-state index in [-0.39, 0.29) is 11.4 Å². The molecule has 0 saturated carbocycles. The lowest BCUT2D eigenvalue weighted by atomic mass is 10.00. The van der Waals surface area contributed by atoms with E-state index in [0.717, 1.165) is 11.1 Å². The minimum absolute atomic E-state index is 0.123. The molecule has 0 aliphatic carbocycles. The maximum atomic E-state index is 11.0. The molecule has 1 heterocycles. The van der Waals surface area contributed by atoms with Gasteiger partial charge in [-0.3, -0.25) is 0 Å². The first-order chi connectivity index (χ1) is 8.91. The summed E-state index contributed by atoms with van der Waals surface area (Å²) in [5, 5.41) is 19.7. The van der Waals surface area contributed by atoms with Gasteiger partial charge in [-0.2, -0.15) is 0 Å². The normalized spacial score (nSPS) is 12.4. The van der Waals surface area contributed by atoms with E-state index in [1.54, 1.807) is 12.1 Å². The van der Waals surface area contributed by atoms with Gasteiger partial charge in [0.2, 0.25) is 0 Å². The molecule has 0 saturated heterocycles. The Labute approximate surface area is 114 Å². The molecule has 1 aromatic carbocycles. The summed E-state index contributed by atoms with van der Waals surface area (Å²) in [5.74, 6) is -1.20. The number of carbonyl (C=O) groups is 1. The zero-order valence-electron chi connectivity index (χ0n) is 10.4. The number of carboxylic acid groups (broad SMARTS) is 1. The van der Waals surface area contributed by atoms with Crippen LogP contribution in [-0.2, 0) is 0 Å². The van der Waals surface area contributed by atoms with Crippen LogP contribution >= 0.6 is 11.6 Å². The predicted octanol–water partition coefficient (Wildman–Crippen LogP) is 2.46. The Balaban J connectivity index is 2.50. The van der Waals surface area contributed by atoms with E-state index in [1.807, 2.05) is 13.8 Å². The van der Waals surface area contributed by atoms with E-state index in [9.17, 15) is 9.90 Å². The summed E-state index contributed by atoms with van der Waals surface area (Å²) in [6.45, 7) is 3.81. The van der Waals surface area contributed by atoms with Gasteiger partial charge in [-0.15, -0.1) is 0 Å². The van der Waals surface area contributed by atoms with Crippen molar-refractivity contribution in [2.24, 2.45) is 0 Å². The number of aliphatic hydroxyl groups excluding tert-OH is 1. The molecule has 6 heteroatoms. The van der Waals surface area contributed by atoms with E-state index in [0.29, 0.717) is 10.6 Å². The first kappa shape index (κ1) is 13.6. The van der Waals surface area contributed by atoms with Crippen molar-refractivity contribution >= 4 is 17.6 Å². The lowest BCUT2D eigenvalue weighted by Crippen LogP contribution is -2.09. The van der Waals surface area contributed by atoms with Gasteiger partial charge in [0.15, 0.2) is 5.69 Å². The molecule has 0 amide bonds. The minimum Gasteiger partial charge on any atom is -0.476 e. The minimum atomic E-state index is -1.20. The first-order valence-corrected chi connectivity index (χ1v) is 6.01. The molecule has 100 valence electrons. The number of aryl methyl sites for hydroxylation is 2. The smallest absolute Gasteiger partial charge is 0.356 e. The maximum absolute atomic E-state index is 11.0. The van der Waals surface area contributed by atoms with Crippen LogP contribution < -0.4 is 0 Å². The zero-order valence-corrected chi connectivity index (χ0v) is 11.2. The summed E-state index contributed by atoms with van der Waals surface area (Å²) >= 11 is 6.10. The molecule has 0 spiro atoms. The summed E-state index contributed by atoms with van der Waals surface area (Å²) < 4.78 is 0. The number of nitrogens with zero attached hydrogens (tertiary/aromatic N) is 1. The number of halogens is 1. The Bertz CT molecular complexity index is 637. The molecular weight excluding hydrogens is 268 g/mol. The first-order valence-electron chi connectivity index (χ1n) is 5.63. The summed E-state index contributed by atoms with van der Waals surface area (Å²) in [7, 11) is 0. The van der Waals surface area contributed by atoms with Gasteiger partial charge in [-0.25, -0.2) is 9.78 Å². The average molecular weight is 281 g/mol. The third-order valence-electron chi connectivity index (χ3n) is 3.05. The van der Waals surface area contributed by atoms with Crippen molar-refractivity contribution in [2.75, 3.05) is 0 Å². The van der Waals surface area contributed by atoms with Crippen molar-refractivity contribution in [1.82, 2.24) is 9.97 Å². The molecule has 0 radical (unpaired) electrons. The second-order valence-corrected chi connectivity index (χ2v) is 4.74. The Morgan fingerprint density at radius 3 is 2.63 bits per heavy atom. The van der Waals surface area contributed by atoms with Gasteiger partial charge < -0.3 is 15.2 Å². The molecule has 0 aliphatic rings. The van der Waals surface area contributed by atoms with Gasteiger partial charge in [0, 0.05) is 10.6 Å². The fourth-order valence-corrected chi connectivity index (χ4v) is 2.17. The molecule has 2 aromatic rings. The third kappa shape index (κ3) is 2.47. The number of aromatic nitrogens is 2. The number of nitrogens with one attached hydrogen (secondary N) is 1. The number of aromatic amines is 1. The summed E-state index contributed by atoms with van der Waals surface area (Å²) in [5.41, 5.74) is 2.34. The number of hydrogen-bond donors (Lipinski definition) is 3. The fourth-order valence-electron chi connectivity index (χ4n) is 1.85. The highest BCUT2D eigenvalue weighted by Gasteiger charge is 2.23. The molecule has 5 nitrogen and oxygen atoms in total. The Hall–Kier alpha value is -1.85. The van der Waals surface area contributed by atoms with Gasteiger partial charge in [-0.05, 0) is 31.0 Å². The molecule has 2 rings (SSSR count). The molecule has 19 heavy (non-hydrogen) atoms. The van der Waals surface area contributed by atoms with Crippen molar-refractivity contribution in [1.29, 1.82) is 0 Å². The van der Waals surface area contributed by atoms with E-state index < -0.39 is 12.1 Å². The second kappa shape index (κ2) is 5.03. The number of carboxylic acids is 1.